The van der Waals surface area contributed by atoms with Crippen LogP contribution in [0.3, 0.4) is 0 Å². The summed E-state index contributed by atoms with van der Waals surface area (Å²) in [7, 11) is 3.77. The number of hydrogen-bond acceptors (Lipinski definition) is 5. The van der Waals surface area contributed by atoms with E-state index in [1.807, 2.05) is 31.1 Å². The molecule has 1 heterocycles. The van der Waals surface area contributed by atoms with Gasteiger partial charge in [-0.2, -0.15) is 0 Å². The molecule has 0 unspecified atom stereocenters. The predicted octanol–water partition coefficient (Wildman–Crippen LogP) is 4.97. The molecule has 4 aromatic rings. The molecular formula is C33H28F2N4O4. The maximum absolute atomic E-state index is 14.1. The molecule has 8 nitrogen and oxygen atoms in total. The summed E-state index contributed by atoms with van der Waals surface area (Å²) < 4.78 is 27.7. The van der Waals surface area contributed by atoms with E-state index in [0.717, 1.165) is 10.6 Å². The van der Waals surface area contributed by atoms with Gasteiger partial charge >= 0.3 is 0 Å². The highest BCUT2D eigenvalue weighted by atomic mass is 19.1. The van der Waals surface area contributed by atoms with Crippen LogP contribution >= 0.6 is 0 Å². The summed E-state index contributed by atoms with van der Waals surface area (Å²) in [5, 5.41) is 2.84. The smallest absolute Gasteiger partial charge is 0.299 e. The molecule has 0 fully saturated rings. The van der Waals surface area contributed by atoms with Crippen LogP contribution in [0.2, 0.25) is 0 Å². The first-order valence-corrected chi connectivity index (χ1v) is 13.4. The molecule has 0 saturated heterocycles. The van der Waals surface area contributed by atoms with Gasteiger partial charge in [-0.15, -0.1) is 0 Å². The van der Waals surface area contributed by atoms with Gasteiger partial charge < -0.3 is 15.1 Å². The number of Topliss-reactive ketones (excluding diaryl/α,β-unsaturated/α-hetero) is 1. The van der Waals surface area contributed by atoms with Gasteiger partial charge in [-0.1, -0.05) is 36.4 Å². The van der Waals surface area contributed by atoms with E-state index in [9.17, 15) is 28.0 Å². The van der Waals surface area contributed by atoms with Gasteiger partial charge in [-0.05, 0) is 71.8 Å². The number of carbonyl (C=O) groups excluding carboxylic acids is 4. The van der Waals surface area contributed by atoms with Crippen LogP contribution in [0.15, 0.2) is 97.1 Å². The maximum atomic E-state index is 14.1. The summed E-state index contributed by atoms with van der Waals surface area (Å²) in [4.78, 5) is 57.7. The number of nitrogens with one attached hydrogen (secondary N) is 1. The number of carbonyl (C=O) groups is 4. The topological polar surface area (TPSA) is 90.0 Å². The summed E-state index contributed by atoms with van der Waals surface area (Å²) in [6.07, 6.45) is 0. The molecule has 0 spiro atoms. The number of fused-ring (bicyclic) bond motifs is 1. The minimum Gasteiger partial charge on any atom is -0.378 e. The van der Waals surface area contributed by atoms with Crippen molar-refractivity contribution in [2.45, 2.75) is 12.6 Å². The summed E-state index contributed by atoms with van der Waals surface area (Å²) in [6, 6.07) is 22.7. The maximum Gasteiger partial charge on any atom is 0.299 e. The number of para-hydroxylation sites is 1. The van der Waals surface area contributed by atoms with Gasteiger partial charge in [-0.3, -0.25) is 24.1 Å². The Morgan fingerprint density at radius 2 is 1.42 bits per heavy atom. The van der Waals surface area contributed by atoms with E-state index in [2.05, 4.69) is 5.32 Å². The average molecular weight is 583 g/mol. The zero-order valence-electron chi connectivity index (χ0n) is 23.5. The number of hydrogen-bond donors (Lipinski definition) is 1. The minimum atomic E-state index is -1.28. The van der Waals surface area contributed by atoms with Crippen molar-refractivity contribution in [1.29, 1.82) is 0 Å². The van der Waals surface area contributed by atoms with E-state index >= 15 is 0 Å². The third-order valence-electron chi connectivity index (χ3n) is 7.16. The number of benzene rings is 4. The lowest BCUT2D eigenvalue weighted by Crippen LogP contribution is -2.46. The fourth-order valence-electron chi connectivity index (χ4n) is 4.91. The Kier molecular flexibility index (Phi) is 8.29. The minimum absolute atomic E-state index is 0.147. The number of halogens is 2. The second-order valence-electron chi connectivity index (χ2n) is 10.3. The van der Waals surface area contributed by atoms with Crippen LogP contribution < -0.4 is 15.1 Å². The molecule has 3 amide bonds. The van der Waals surface area contributed by atoms with Gasteiger partial charge in [0.25, 0.3) is 17.6 Å². The molecule has 0 aliphatic carbocycles. The Balaban J connectivity index is 1.53. The Bertz CT molecular complexity index is 1670. The van der Waals surface area contributed by atoms with Crippen molar-refractivity contribution in [3.63, 3.8) is 0 Å². The van der Waals surface area contributed by atoms with Crippen LogP contribution in [0.5, 0.6) is 0 Å². The highest BCUT2D eigenvalue weighted by molar-refractivity contribution is 6.52. The summed E-state index contributed by atoms with van der Waals surface area (Å²) >= 11 is 0. The highest BCUT2D eigenvalue weighted by Gasteiger charge is 2.39. The van der Waals surface area contributed by atoms with E-state index in [4.69, 9.17) is 0 Å². The number of nitrogens with zero attached hydrogens (tertiary/aromatic N) is 3. The normalized spacial score (nSPS) is 13.0. The van der Waals surface area contributed by atoms with Crippen LogP contribution in [0.25, 0.3) is 0 Å². The second-order valence-corrected chi connectivity index (χ2v) is 10.3. The Hall–Kier alpha value is -5.38. The lowest BCUT2D eigenvalue weighted by molar-refractivity contribution is -0.139. The summed E-state index contributed by atoms with van der Waals surface area (Å²) in [5.41, 5.74) is 2.66. The summed E-state index contributed by atoms with van der Waals surface area (Å²) in [5.74, 6) is -3.86. The van der Waals surface area contributed by atoms with Crippen molar-refractivity contribution >= 4 is 40.6 Å². The second kappa shape index (κ2) is 12.2. The Morgan fingerprint density at radius 3 is 2.05 bits per heavy atom. The van der Waals surface area contributed by atoms with Crippen molar-refractivity contribution in [2.75, 3.05) is 35.8 Å². The van der Waals surface area contributed by atoms with Gasteiger partial charge in [0.05, 0.1) is 11.3 Å². The van der Waals surface area contributed by atoms with Crippen LogP contribution in [0.4, 0.5) is 25.8 Å². The van der Waals surface area contributed by atoms with Crippen LogP contribution in [-0.2, 0) is 20.9 Å². The van der Waals surface area contributed by atoms with Crippen LogP contribution in [-0.4, -0.2) is 49.0 Å². The fourth-order valence-corrected chi connectivity index (χ4v) is 4.91. The molecule has 218 valence electrons. The quantitative estimate of drug-likeness (QED) is 0.282. The van der Waals surface area contributed by atoms with E-state index < -0.39 is 47.7 Å². The van der Waals surface area contributed by atoms with Crippen molar-refractivity contribution in [1.82, 2.24) is 4.90 Å². The van der Waals surface area contributed by atoms with E-state index in [-0.39, 0.29) is 17.8 Å². The van der Waals surface area contributed by atoms with Crippen molar-refractivity contribution in [3.05, 3.63) is 125 Å². The fraction of sp³-hybridized carbons (Fsp3) is 0.152. The average Bonchev–Trinajstić information content (AvgIpc) is 3.23. The van der Waals surface area contributed by atoms with Gasteiger partial charge in [-0.25, -0.2) is 8.78 Å². The first kappa shape index (κ1) is 29.1. The molecule has 10 heteroatoms. The standard InChI is InChI=1S/C33H28F2N4O4/c1-37(2)26-17-15-25(16-18-26)36-32(42)30(22-9-13-24(35)14-10-22)39(19-21-7-11-23(34)12-8-21)29(40)20-38-28-6-4-3-5-27(28)31(41)33(38)43/h3-18,30H,19-20H2,1-2H3,(H,36,42)/t30-/m0/s1. The first-order chi connectivity index (χ1) is 20.6. The van der Waals surface area contributed by atoms with Gasteiger partial charge in [0.2, 0.25) is 5.91 Å². The van der Waals surface area contributed by atoms with Crippen molar-refractivity contribution in [2.24, 2.45) is 0 Å². The molecular weight excluding hydrogens is 554 g/mol. The lowest BCUT2D eigenvalue weighted by Gasteiger charge is -2.33. The molecule has 0 saturated carbocycles. The number of rotatable bonds is 9. The molecule has 5 rings (SSSR count). The number of ketones is 1. The summed E-state index contributed by atoms with van der Waals surface area (Å²) in [6.45, 7) is -0.683. The lowest BCUT2D eigenvalue weighted by atomic mass is 10.0. The molecule has 1 N–H and O–H groups in total. The van der Waals surface area contributed by atoms with Crippen LogP contribution in [0, 0.1) is 11.6 Å². The highest BCUT2D eigenvalue weighted by Crippen LogP contribution is 2.31. The predicted molar refractivity (Wildman–Crippen MR) is 159 cm³/mol. The molecule has 0 bridgehead atoms. The van der Waals surface area contributed by atoms with Gasteiger partial charge in [0.15, 0.2) is 0 Å². The number of anilines is 3. The third kappa shape index (κ3) is 6.28. The number of amides is 3. The molecule has 1 atom stereocenters. The molecule has 4 aromatic carbocycles. The van der Waals surface area contributed by atoms with E-state index in [0.29, 0.717) is 16.8 Å². The van der Waals surface area contributed by atoms with E-state index in [1.165, 1.54) is 59.5 Å². The molecule has 0 aromatic heterocycles. The van der Waals surface area contributed by atoms with Gasteiger partial charge in [0, 0.05) is 32.0 Å². The monoisotopic (exact) mass is 582 g/mol. The molecule has 1 aliphatic heterocycles. The third-order valence-corrected chi connectivity index (χ3v) is 7.16. The zero-order chi connectivity index (χ0) is 30.7. The first-order valence-electron chi connectivity index (χ1n) is 13.4. The Morgan fingerprint density at radius 1 is 0.814 bits per heavy atom. The zero-order valence-corrected chi connectivity index (χ0v) is 23.5. The van der Waals surface area contributed by atoms with Crippen molar-refractivity contribution < 1.29 is 28.0 Å². The molecule has 0 radical (unpaired) electrons. The largest absolute Gasteiger partial charge is 0.378 e. The molecule has 43 heavy (non-hydrogen) atoms. The van der Waals surface area contributed by atoms with Crippen LogP contribution in [0.1, 0.15) is 27.5 Å². The SMILES string of the molecule is CN(C)c1ccc(NC(=O)[C@H](c2ccc(F)cc2)N(Cc2ccc(F)cc2)C(=O)CN2C(=O)C(=O)c3ccccc32)cc1. The van der Waals surface area contributed by atoms with Gasteiger partial charge in [0.1, 0.15) is 24.2 Å². The van der Waals surface area contributed by atoms with Crippen molar-refractivity contribution in [3.8, 4) is 0 Å². The molecule has 1 aliphatic rings. The van der Waals surface area contributed by atoms with E-state index in [1.54, 1.807) is 30.3 Å². The Labute approximate surface area is 247 Å².